The van der Waals surface area contributed by atoms with Crippen molar-refractivity contribution in [1.29, 1.82) is 0 Å². The topological polar surface area (TPSA) is 79.3 Å². The standard InChI is InChI=1S/C25H27N5O2/c1-17-4-6-20(7-5-17)16-30-19(3)23(18(2)28-30)12-13-24(31)27-21-8-10-22(11-9-21)29-15-14-26-25(29)32/h4-13H,14-16H2,1-3H3,(H,26,32)(H,27,31)/b13-12+. The smallest absolute Gasteiger partial charge is 0.321 e. The fraction of sp³-hybridized carbons (Fsp3) is 0.240. The van der Waals surface area contributed by atoms with E-state index in [0.717, 1.165) is 22.6 Å². The number of benzene rings is 2. The minimum atomic E-state index is -0.221. The van der Waals surface area contributed by atoms with E-state index in [1.165, 1.54) is 17.2 Å². The summed E-state index contributed by atoms with van der Waals surface area (Å²) in [5.74, 6) is -0.221. The average molecular weight is 430 g/mol. The van der Waals surface area contributed by atoms with E-state index in [2.05, 4.69) is 46.9 Å². The van der Waals surface area contributed by atoms with Crippen LogP contribution in [0.25, 0.3) is 6.08 Å². The van der Waals surface area contributed by atoms with E-state index >= 15 is 0 Å². The molecule has 1 aromatic heterocycles. The normalized spacial score (nSPS) is 13.6. The first-order valence-corrected chi connectivity index (χ1v) is 10.6. The minimum absolute atomic E-state index is 0.0987. The summed E-state index contributed by atoms with van der Waals surface area (Å²) in [6.07, 6.45) is 3.33. The lowest BCUT2D eigenvalue weighted by Gasteiger charge is -2.14. The Labute approximate surface area is 187 Å². The van der Waals surface area contributed by atoms with Crippen LogP contribution >= 0.6 is 0 Å². The van der Waals surface area contributed by atoms with Crippen molar-refractivity contribution in [3.05, 3.63) is 82.7 Å². The van der Waals surface area contributed by atoms with E-state index in [1.54, 1.807) is 17.0 Å². The van der Waals surface area contributed by atoms with Gasteiger partial charge in [0, 0.05) is 41.8 Å². The van der Waals surface area contributed by atoms with Crippen molar-refractivity contribution in [1.82, 2.24) is 15.1 Å². The number of rotatable bonds is 6. The van der Waals surface area contributed by atoms with Crippen LogP contribution in [0.5, 0.6) is 0 Å². The summed E-state index contributed by atoms with van der Waals surface area (Å²) < 4.78 is 1.96. The predicted octanol–water partition coefficient (Wildman–Crippen LogP) is 4.04. The molecule has 2 heterocycles. The Morgan fingerprint density at radius 1 is 1.09 bits per heavy atom. The molecular weight excluding hydrogens is 402 g/mol. The van der Waals surface area contributed by atoms with Gasteiger partial charge in [-0.25, -0.2) is 4.79 Å². The van der Waals surface area contributed by atoms with Gasteiger partial charge in [-0.15, -0.1) is 0 Å². The molecule has 3 amide bonds. The van der Waals surface area contributed by atoms with Crippen LogP contribution in [-0.4, -0.2) is 34.8 Å². The lowest BCUT2D eigenvalue weighted by atomic mass is 10.1. The first-order chi connectivity index (χ1) is 15.4. The second-order valence-corrected chi connectivity index (χ2v) is 7.98. The number of aromatic nitrogens is 2. The van der Waals surface area contributed by atoms with E-state index in [1.807, 2.05) is 36.7 Å². The third-order valence-corrected chi connectivity index (χ3v) is 5.60. The zero-order chi connectivity index (χ0) is 22.7. The number of anilines is 2. The zero-order valence-corrected chi connectivity index (χ0v) is 18.6. The maximum Gasteiger partial charge on any atom is 0.321 e. The summed E-state index contributed by atoms with van der Waals surface area (Å²) in [4.78, 5) is 25.9. The molecule has 0 bridgehead atoms. The highest BCUT2D eigenvalue weighted by atomic mass is 16.2. The number of urea groups is 1. The monoisotopic (exact) mass is 429 g/mol. The lowest BCUT2D eigenvalue weighted by Crippen LogP contribution is -2.27. The molecule has 0 spiro atoms. The second-order valence-electron chi connectivity index (χ2n) is 7.98. The number of nitrogens with one attached hydrogen (secondary N) is 2. The molecule has 7 nitrogen and oxygen atoms in total. The first kappa shape index (κ1) is 21.4. The van der Waals surface area contributed by atoms with E-state index in [-0.39, 0.29) is 11.9 Å². The summed E-state index contributed by atoms with van der Waals surface area (Å²) in [6, 6.07) is 15.6. The Kier molecular flexibility index (Phi) is 6.07. The summed E-state index contributed by atoms with van der Waals surface area (Å²) in [5, 5.41) is 10.3. The molecule has 1 fully saturated rings. The molecule has 1 aliphatic heterocycles. The maximum absolute atomic E-state index is 12.4. The van der Waals surface area contributed by atoms with Crippen LogP contribution in [0.2, 0.25) is 0 Å². The number of carbonyl (C=O) groups excluding carboxylic acids is 2. The summed E-state index contributed by atoms with van der Waals surface area (Å²) in [5.41, 5.74) is 6.74. The van der Waals surface area contributed by atoms with Crippen molar-refractivity contribution < 1.29 is 9.59 Å². The van der Waals surface area contributed by atoms with Crippen LogP contribution < -0.4 is 15.5 Å². The number of nitrogens with zero attached hydrogens (tertiary/aromatic N) is 3. The van der Waals surface area contributed by atoms with Gasteiger partial charge in [-0.3, -0.25) is 14.4 Å². The molecule has 0 saturated carbocycles. The van der Waals surface area contributed by atoms with Crippen molar-refractivity contribution in [3.63, 3.8) is 0 Å². The Morgan fingerprint density at radius 2 is 1.81 bits per heavy atom. The maximum atomic E-state index is 12.4. The van der Waals surface area contributed by atoms with Crippen LogP contribution in [0, 0.1) is 20.8 Å². The van der Waals surface area contributed by atoms with Crippen molar-refractivity contribution in [2.75, 3.05) is 23.3 Å². The van der Waals surface area contributed by atoms with Crippen molar-refractivity contribution in [2.45, 2.75) is 27.3 Å². The fourth-order valence-corrected chi connectivity index (χ4v) is 3.76. The Morgan fingerprint density at radius 3 is 2.47 bits per heavy atom. The molecule has 2 N–H and O–H groups in total. The van der Waals surface area contributed by atoms with Gasteiger partial charge in [0.15, 0.2) is 0 Å². The van der Waals surface area contributed by atoms with Crippen molar-refractivity contribution in [2.24, 2.45) is 0 Å². The number of amides is 3. The quantitative estimate of drug-likeness (QED) is 0.581. The molecule has 1 saturated heterocycles. The van der Waals surface area contributed by atoms with Gasteiger partial charge in [0.05, 0.1) is 12.2 Å². The highest BCUT2D eigenvalue weighted by Gasteiger charge is 2.20. The summed E-state index contributed by atoms with van der Waals surface area (Å²) in [6.45, 7) is 8.00. The van der Waals surface area contributed by atoms with Crippen LogP contribution in [-0.2, 0) is 11.3 Å². The number of hydrogen-bond acceptors (Lipinski definition) is 3. The number of aryl methyl sites for hydroxylation is 2. The molecule has 164 valence electrons. The molecule has 3 aromatic rings. The highest BCUT2D eigenvalue weighted by molar-refractivity contribution is 6.02. The fourth-order valence-electron chi connectivity index (χ4n) is 3.76. The van der Waals surface area contributed by atoms with Crippen molar-refractivity contribution in [3.8, 4) is 0 Å². The molecule has 0 unspecified atom stereocenters. The lowest BCUT2D eigenvalue weighted by molar-refractivity contribution is -0.111. The van der Waals surface area contributed by atoms with Gasteiger partial charge in [0.25, 0.3) is 0 Å². The van der Waals surface area contributed by atoms with Gasteiger partial charge >= 0.3 is 6.03 Å². The average Bonchev–Trinajstić information content (AvgIpc) is 3.31. The molecule has 0 aliphatic carbocycles. The molecule has 0 radical (unpaired) electrons. The minimum Gasteiger partial charge on any atom is -0.336 e. The van der Waals surface area contributed by atoms with Crippen LogP contribution in [0.1, 0.15) is 28.1 Å². The molecule has 2 aromatic carbocycles. The number of hydrogen-bond donors (Lipinski definition) is 2. The molecule has 4 rings (SSSR count). The van der Waals surface area contributed by atoms with E-state index in [0.29, 0.717) is 25.3 Å². The predicted molar refractivity (Wildman–Crippen MR) is 127 cm³/mol. The van der Waals surface area contributed by atoms with E-state index in [9.17, 15) is 9.59 Å². The van der Waals surface area contributed by atoms with Gasteiger partial charge in [-0.05, 0) is 56.7 Å². The van der Waals surface area contributed by atoms with Crippen LogP contribution in [0.3, 0.4) is 0 Å². The Bertz CT molecular complexity index is 1160. The largest absolute Gasteiger partial charge is 0.336 e. The van der Waals surface area contributed by atoms with Crippen molar-refractivity contribution >= 4 is 29.4 Å². The van der Waals surface area contributed by atoms with Gasteiger partial charge in [-0.2, -0.15) is 5.10 Å². The van der Waals surface area contributed by atoms with Gasteiger partial charge in [0.2, 0.25) is 5.91 Å². The first-order valence-electron chi connectivity index (χ1n) is 10.6. The highest BCUT2D eigenvalue weighted by Crippen LogP contribution is 2.20. The van der Waals surface area contributed by atoms with Crippen LogP contribution in [0.4, 0.5) is 16.2 Å². The molecule has 7 heteroatoms. The SMILES string of the molecule is Cc1ccc(Cn2nc(C)c(/C=C/C(=O)Nc3ccc(N4CCNC4=O)cc3)c2C)cc1. The van der Waals surface area contributed by atoms with Gasteiger partial charge in [-0.1, -0.05) is 29.8 Å². The molecule has 1 aliphatic rings. The number of carbonyl (C=O) groups is 2. The Balaban J connectivity index is 1.40. The summed E-state index contributed by atoms with van der Waals surface area (Å²) >= 11 is 0. The third kappa shape index (κ3) is 4.72. The molecular formula is C25H27N5O2. The van der Waals surface area contributed by atoms with E-state index in [4.69, 9.17) is 0 Å². The van der Waals surface area contributed by atoms with E-state index < -0.39 is 0 Å². The zero-order valence-electron chi connectivity index (χ0n) is 18.6. The summed E-state index contributed by atoms with van der Waals surface area (Å²) in [7, 11) is 0. The second kappa shape index (κ2) is 9.09. The molecule has 0 atom stereocenters. The van der Waals surface area contributed by atoms with Gasteiger partial charge < -0.3 is 10.6 Å². The third-order valence-electron chi connectivity index (χ3n) is 5.60. The van der Waals surface area contributed by atoms with Crippen LogP contribution in [0.15, 0.2) is 54.6 Å². The molecule has 32 heavy (non-hydrogen) atoms. The van der Waals surface area contributed by atoms with Gasteiger partial charge in [0.1, 0.15) is 0 Å². The Hall–Kier alpha value is -3.87.